The molecule has 0 aromatic heterocycles. The maximum atomic E-state index is 13.0. The van der Waals surface area contributed by atoms with E-state index in [0.29, 0.717) is 31.6 Å². The molecule has 0 radical (unpaired) electrons. The number of nitrogens with one attached hydrogen (secondary N) is 1. The third-order valence-corrected chi connectivity index (χ3v) is 6.97. The Morgan fingerprint density at radius 3 is 2.41 bits per heavy atom. The molecule has 3 rings (SSSR count). The van der Waals surface area contributed by atoms with Gasteiger partial charge in [0.25, 0.3) is 5.69 Å². The standard InChI is InChI=1S/C20H24N2O6S/c1-15-3-6-17(22(23)24)13-19(15)29(25,26)21-14-20(9-11-28-12-10-20)16-4-7-18(27-2)8-5-16/h3-8,13,21H,9-12,14H2,1-2H3. The highest BCUT2D eigenvalue weighted by Gasteiger charge is 2.36. The monoisotopic (exact) mass is 420 g/mol. The third kappa shape index (κ3) is 4.58. The first-order chi connectivity index (χ1) is 13.8. The van der Waals surface area contributed by atoms with Crippen LogP contribution in [0.4, 0.5) is 5.69 Å². The van der Waals surface area contributed by atoms with Crippen LogP contribution in [0.5, 0.6) is 5.75 Å². The Balaban J connectivity index is 1.89. The Hall–Kier alpha value is -2.49. The van der Waals surface area contributed by atoms with Crippen LogP contribution in [-0.2, 0) is 20.2 Å². The van der Waals surface area contributed by atoms with Crippen LogP contribution in [0, 0.1) is 17.0 Å². The summed E-state index contributed by atoms with van der Waals surface area (Å²) in [4.78, 5) is 10.4. The van der Waals surface area contributed by atoms with Gasteiger partial charge in [-0.15, -0.1) is 0 Å². The molecular formula is C20H24N2O6S. The van der Waals surface area contributed by atoms with Gasteiger partial charge >= 0.3 is 0 Å². The van der Waals surface area contributed by atoms with E-state index in [9.17, 15) is 18.5 Å². The molecule has 1 aliphatic rings. The van der Waals surface area contributed by atoms with Crippen LogP contribution in [0.3, 0.4) is 0 Å². The molecule has 0 spiro atoms. The van der Waals surface area contributed by atoms with Crippen molar-refractivity contribution >= 4 is 15.7 Å². The smallest absolute Gasteiger partial charge is 0.270 e. The lowest BCUT2D eigenvalue weighted by Crippen LogP contribution is -2.44. The number of nitro benzene ring substituents is 1. The molecule has 156 valence electrons. The van der Waals surface area contributed by atoms with E-state index >= 15 is 0 Å². The molecule has 0 saturated carbocycles. The lowest BCUT2D eigenvalue weighted by Gasteiger charge is -2.38. The Kier molecular flexibility index (Phi) is 6.21. The zero-order chi connectivity index (χ0) is 21.1. The summed E-state index contributed by atoms with van der Waals surface area (Å²) in [6.45, 7) is 2.85. The molecule has 9 heteroatoms. The molecule has 0 atom stereocenters. The highest BCUT2D eigenvalue weighted by Crippen LogP contribution is 2.35. The van der Waals surface area contributed by atoms with E-state index in [0.717, 1.165) is 17.4 Å². The van der Waals surface area contributed by atoms with Gasteiger partial charge in [-0.1, -0.05) is 18.2 Å². The van der Waals surface area contributed by atoms with Crippen molar-refractivity contribution in [3.63, 3.8) is 0 Å². The van der Waals surface area contributed by atoms with Gasteiger partial charge < -0.3 is 9.47 Å². The molecule has 2 aromatic carbocycles. The summed E-state index contributed by atoms with van der Waals surface area (Å²) in [7, 11) is -2.33. The van der Waals surface area contributed by atoms with E-state index in [-0.39, 0.29) is 17.1 Å². The molecule has 0 amide bonds. The second-order valence-electron chi connectivity index (χ2n) is 7.15. The van der Waals surface area contributed by atoms with Crippen molar-refractivity contribution in [2.45, 2.75) is 30.1 Å². The zero-order valence-corrected chi connectivity index (χ0v) is 17.2. The van der Waals surface area contributed by atoms with Gasteiger partial charge in [0.05, 0.1) is 16.9 Å². The molecule has 1 heterocycles. The molecule has 1 N–H and O–H groups in total. The minimum absolute atomic E-state index is 0.0800. The normalized spacial score (nSPS) is 16.3. The summed E-state index contributed by atoms with van der Waals surface area (Å²) in [5.74, 6) is 0.726. The maximum Gasteiger partial charge on any atom is 0.270 e. The summed E-state index contributed by atoms with van der Waals surface area (Å²) in [6, 6.07) is 11.4. The summed E-state index contributed by atoms with van der Waals surface area (Å²) in [5.41, 5.74) is 0.771. The largest absolute Gasteiger partial charge is 0.497 e. The van der Waals surface area contributed by atoms with Gasteiger partial charge in [0.1, 0.15) is 5.75 Å². The first-order valence-corrected chi connectivity index (χ1v) is 10.7. The molecule has 0 unspecified atom stereocenters. The predicted octanol–water partition coefficient (Wildman–Crippen LogP) is 2.94. The number of hydrogen-bond acceptors (Lipinski definition) is 6. The fraction of sp³-hybridized carbons (Fsp3) is 0.400. The highest BCUT2D eigenvalue weighted by molar-refractivity contribution is 7.89. The SMILES string of the molecule is COc1ccc(C2(CNS(=O)(=O)c3cc([N+](=O)[O-])ccc3C)CCOCC2)cc1. The predicted molar refractivity (Wildman–Crippen MR) is 108 cm³/mol. The third-order valence-electron chi connectivity index (χ3n) is 5.42. The number of hydrogen-bond donors (Lipinski definition) is 1. The molecule has 29 heavy (non-hydrogen) atoms. The Morgan fingerprint density at radius 1 is 1.17 bits per heavy atom. The van der Waals surface area contributed by atoms with Crippen LogP contribution in [0.15, 0.2) is 47.4 Å². The number of nitrogens with zero attached hydrogens (tertiary/aromatic N) is 1. The van der Waals surface area contributed by atoms with Gasteiger partial charge in [-0.25, -0.2) is 13.1 Å². The Morgan fingerprint density at radius 2 is 1.83 bits per heavy atom. The van der Waals surface area contributed by atoms with E-state index in [2.05, 4.69) is 4.72 Å². The van der Waals surface area contributed by atoms with Crippen molar-refractivity contribution in [1.82, 2.24) is 4.72 Å². The summed E-state index contributed by atoms with van der Waals surface area (Å²) in [5, 5.41) is 11.1. The number of sulfonamides is 1. The zero-order valence-electron chi connectivity index (χ0n) is 16.4. The number of ether oxygens (including phenoxy) is 2. The molecule has 0 aliphatic carbocycles. The number of non-ortho nitro benzene ring substituents is 1. The topological polar surface area (TPSA) is 108 Å². The molecule has 1 saturated heterocycles. The first kappa shape index (κ1) is 21.2. The van der Waals surface area contributed by atoms with E-state index in [4.69, 9.17) is 9.47 Å². The molecule has 8 nitrogen and oxygen atoms in total. The summed E-state index contributed by atoms with van der Waals surface area (Å²) < 4.78 is 39.3. The number of aryl methyl sites for hydroxylation is 1. The van der Waals surface area contributed by atoms with Gasteiger partial charge in [-0.05, 0) is 43.0 Å². The van der Waals surface area contributed by atoms with E-state index < -0.39 is 20.4 Å². The van der Waals surface area contributed by atoms with Crippen molar-refractivity contribution in [1.29, 1.82) is 0 Å². The summed E-state index contributed by atoms with van der Waals surface area (Å²) >= 11 is 0. The van der Waals surface area contributed by atoms with Crippen LogP contribution in [0.25, 0.3) is 0 Å². The average Bonchev–Trinajstić information content (AvgIpc) is 2.73. The minimum atomic E-state index is -3.93. The van der Waals surface area contributed by atoms with Crippen molar-refractivity contribution in [3.8, 4) is 5.75 Å². The number of nitro groups is 1. The lowest BCUT2D eigenvalue weighted by atomic mass is 9.74. The van der Waals surface area contributed by atoms with E-state index in [1.807, 2.05) is 24.3 Å². The molecule has 0 bridgehead atoms. The second-order valence-corrected chi connectivity index (χ2v) is 8.89. The van der Waals surface area contributed by atoms with Gasteiger partial charge in [0, 0.05) is 37.3 Å². The molecule has 1 fully saturated rings. The van der Waals surface area contributed by atoms with Crippen molar-refractivity contribution < 1.29 is 22.8 Å². The first-order valence-electron chi connectivity index (χ1n) is 9.24. The van der Waals surface area contributed by atoms with Crippen LogP contribution in [0.2, 0.25) is 0 Å². The van der Waals surface area contributed by atoms with Crippen molar-refractivity contribution in [3.05, 3.63) is 63.7 Å². The maximum absolute atomic E-state index is 13.0. The molecule has 1 aliphatic heterocycles. The van der Waals surface area contributed by atoms with Crippen molar-refractivity contribution in [2.24, 2.45) is 0 Å². The van der Waals surface area contributed by atoms with E-state index in [1.165, 1.54) is 12.1 Å². The lowest BCUT2D eigenvalue weighted by molar-refractivity contribution is -0.385. The molecule has 2 aromatic rings. The average molecular weight is 420 g/mol. The van der Waals surface area contributed by atoms with Crippen molar-refractivity contribution in [2.75, 3.05) is 26.9 Å². The van der Waals surface area contributed by atoms with Gasteiger partial charge in [0.2, 0.25) is 10.0 Å². The van der Waals surface area contributed by atoms with Gasteiger partial charge in [0.15, 0.2) is 0 Å². The van der Waals surface area contributed by atoms with Gasteiger partial charge in [-0.2, -0.15) is 0 Å². The van der Waals surface area contributed by atoms with Crippen LogP contribution in [0.1, 0.15) is 24.0 Å². The quantitative estimate of drug-likeness (QED) is 0.545. The van der Waals surface area contributed by atoms with Crippen LogP contribution < -0.4 is 9.46 Å². The number of methoxy groups -OCH3 is 1. The van der Waals surface area contributed by atoms with E-state index in [1.54, 1.807) is 14.0 Å². The minimum Gasteiger partial charge on any atom is -0.497 e. The van der Waals surface area contributed by atoms with Crippen LogP contribution >= 0.6 is 0 Å². The number of benzene rings is 2. The van der Waals surface area contributed by atoms with Crippen LogP contribution in [-0.4, -0.2) is 40.2 Å². The Labute approximate surface area is 170 Å². The Bertz CT molecular complexity index is 983. The summed E-state index contributed by atoms with van der Waals surface area (Å²) in [6.07, 6.45) is 1.32. The second kappa shape index (κ2) is 8.48. The number of rotatable bonds is 7. The van der Waals surface area contributed by atoms with Gasteiger partial charge in [-0.3, -0.25) is 10.1 Å². The highest BCUT2D eigenvalue weighted by atomic mass is 32.2. The fourth-order valence-electron chi connectivity index (χ4n) is 3.58. The molecular weight excluding hydrogens is 396 g/mol. The fourth-order valence-corrected chi connectivity index (χ4v) is 4.97.